The minimum Gasteiger partial charge on any atom is -0.496 e. The molecule has 3 nitrogen and oxygen atoms in total. The highest BCUT2D eigenvalue weighted by atomic mass is 16.5. The Kier molecular flexibility index (Phi) is 5.23. The van der Waals surface area contributed by atoms with Crippen molar-refractivity contribution < 1.29 is 4.74 Å². The summed E-state index contributed by atoms with van der Waals surface area (Å²) >= 11 is 0. The Morgan fingerprint density at radius 2 is 1.95 bits per heavy atom. The van der Waals surface area contributed by atoms with Gasteiger partial charge in [0.05, 0.1) is 7.11 Å². The monoisotopic (exact) mass is 262 g/mol. The molecule has 0 aromatic heterocycles. The number of hydrogen-bond donors (Lipinski definition) is 1. The highest BCUT2D eigenvalue weighted by molar-refractivity contribution is 5.33. The second-order valence-corrected chi connectivity index (χ2v) is 5.60. The Hall–Kier alpha value is -1.06. The van der Waals surface area contributed by atoms with Crippen molar-refractivity contribution >= 4 is 0 Å². The predicted molar refractivity (Wildman–Crippen MR) is 79.6 cm³/mol. The van der Waals surface area contributed by atoms with Gasteiger partial charge in [0.1, 0.15) is 5.75 Å². The number of ether oxygens (including phenoxy) is 1. The number of rotatable bonds is 5. The normalized spacial score (nSPS) is 17.9. The average molecular weight is 262 g/mol. The first-order valence-electron chi connectivity index (χ1n) is 7.30. The predicted octanol–water partition coefficient (Wildman–Crippen LogP) is 2.66. The third-order valence-corrected chi connectivity index (χ3v) is 4.03. The summed E-state index contributed by atoms with van der Waals surface area (Å²) < 4.78 is 5.39. The zero-order valence-corrected chi connectivity index (χ0v) is 12.4. The van der Waals surface area contributed by atoms with Gasteiger partial charge in [-0.15, -0.1) is 0 Å². The van der Waals surface area contributed by atoms with Crippen molar-refractivity contribution in [2.45, 2.75) is 45.3 Å². The van der Waals surface area contributed by atoms with Crippen LogP contribution in [0.1, 0.15) is 32.3 Å². The third-order valence-electron chi connectivity index (χ3n) is 4.03. The first-order valence-corrected chi connectivity index (χ1v) is 7.30. The fraction of sp³-hybridized carbons (Fsp3) is 0.625. The summed E-state index contributed by atoms with van der Waals surface area (Å²) in [5.41, 5.74) is 1.25. The van der Waals surface area contributed by atoms with Gasteiger partial charge in [-0.25, -0.2) is 0 Å². The smallest absolute Gasteiger partial charge is 0.123 e. The number of methoxy groups -OCH3 is 1. The standard InChI is InChI=1S/C16H26N2O/c1-13(2)18-10-8-15(9-11-18)17-12-14-6-4-5-7-16(14)19-3/h4-7,13,15,17H,8-12H2,1-3H3. The van der Waals surface area contributed by atoms with Crippen LogP contribution in [0.4, 0.5) is 0 Å². The van der Waals surface area contributed by atoms with Crippen LogP contribution >= 0.6 is 0 Å². The quantitative estimate of drug-likeness (QED) is 0.883. The molecule has 1 aromatic rings. The molecule has 0 saturated carbocycles. The van der Waals surface area contributed by atoms with Crippen LogP contribution < -0.4 is 10.1 Å². The maximum Gasteiger partial charge on any atom is 0.123 e. The van der Waals surface area contributed by atoms with Crippen LogP contribution in [0.3, 0.4) is 0 Å². The van der Waals surface area contributed by atoms with Gasteiger partial charge in [0.25, 0.3) is 0 Å². The minimum atomic E-state index is 0.639. The number of likely N-dealkylation sites (tertiary alicyclic amines) is 1. The molecular weight excluding hydrogens is 236 g/mol. The summed E-state index contributed by atoms with van der Waals surface area (Å²) in [5, 5.41) is 3.67. The van der Waals surface area contributed by atoms with Gasteiger partial charge in [0.15, 0.2) is 0 Å². The molecule has 1 aromatic carbocycles. The van der Waals surface area contributed by atoms with E-state index in [1.54, 1.807) is 7.11 Å². The van der Waals surface area contributed by atoms with E-state index in [0.717, 1.165) is 12.3 Å². The number of para-hydroxylation sites is 1. The van der Waals surface area contributed by atoms with Crippen LogP contribution in [0.25, 0.3) is 0 Å². The van der Waals surface area contributed by atoms with Gasteiger partial charge in [-0.05, 0) is 45.8 Å². The molecular formula is C16H26N2O. The molecule has 0 spiro atoms. The molecule has 1 aliphatic rings. The minimum absolute atomic E-state index is 0.639. The van der Waals surface area contributed by atoms with Gasteiger partial charge in [0.2, 0.25) is 0 Å². The topological polar surface area (TPSA) is 24.5 Å². The van der Waals surface area contributed by atoms with Crippen molar-refractivity contribution in [1.82, 2.24) is 10.2 Å². The maximum atomic E-state index is 5.39. The number of benzene rings is 1. The molecule has 1 saturated heterocycles. The van der Waals surface area contributed by atoms with Crippen LogP contribution in [0.2, 0.25) is 0 Å². The number of hydrogen-bond acceptors (Lipinski definition) is 3. The van der Waals surface area contributed by atoms with Crippen molar-refractivity contribution in [3.05, 3.63) is 29.8 Å². The fourth-order valence-electron chi connectivity index (χ4n) is 2.72. The van der Waals surface area contributed by atoms with Crippen molar-refractivity contribution in [3.8, 4) is 5.75 Å². The second kappa shape index (κ2) is 6.92. The average Bonchev–Trinajstić information content (AvgIpc) is 2.45. The molecule has 0 atom stereocenters. The van der Waals surface area contributed by atoms with Gasteiger partial charge in [0, 0.05) is 24.2 Å². The van der Waals surface area contributed by atoms with Crippen LogP contribution in [0.15, 0.2) is 24.3 Å². The molecule has 106 valence electrons. The van der Waals surface area contributed by atoms with Crippen LogP contribution in [0, 0.1) is 0 Å². The van der Waals surface area contributed by atoms with Gasteiger partial charge < -0.3 is 15.0 Å². The summed E-state index contributed by atoms with van der Waals surface area (Å²) in [4.78, 5) is 2.56. The lowest BCUT2D eigenvalue weighted by Crippen LogP contribution is -2.44. The van der Waals surface area contributed by atoms with Gasteiger partial charge in [-0.1, -0.05) is 18.2 Å². The van der Waals surface area contributed by atoms with E-state index < -0.39 is 0 Å². The lowest BCUT2D eigenvalue weighted by Gasteiger charge is -2.35. The zero-order valence-electron chi connectivity index (χ0n) is 12.4. The van der Waals surface area contributed by atoms with Crippen molar-refractivity contribution in [2.24, 2.45) is 0 Å². The first-order chi connectivity index (χ1) is 9.20. The first kappa shape index (κ1) is 14.4. The van der Waals surface area contributed by atoms with Crippen molar-refractivity contribution in [3.63, 3.8) is 0 Å². The third kappa shape index (κ3) is 3.95. The number of piperidine rings is 1. The lowest BCUT2D eigenvalue weighted by molar-refractivity contribution is 0.160. The second-order valence-electron chi connectivity index (χ2n) is 5.60. The summed E-state index contributed by atoms with van der Waals surface area (Å²) in [6.45, 7) is 7.88. The SMILES string of the molecule is COc1ccccc1CNC1CCN(C(C)C)CC1. The Balaban J connectivity index is 1.80. The Labute approximate surface area is 116 Å². The van der Waals surface area contributed by atoms with Crippen LogP contribution in [-0.2, 0) is 6.54 Å². The largest absolute Gasteiger partial charge is 0.496 e. The Bertz CT molecular complexity index is 384. The van der Waals surface area contributed by atoms with Gasteiger partial charge in [-0.3, -0.25) is 0 Å². The molecule has 0 unspecified atom stereocenters. The van der Waals surface area contributed by atoms with E-state index in [4.69, 9.17) is 4.74 Å². The summed E-state index contributed by atoms with van der Waals surface area (Å²) in [7, 11) is 1.74. The lowest BCUT2D eigenvalue weighted by atomic mass is 10.0. The van der Waals surface area contributed by atoms with E-state index in [2.05, 4.69) is 36.2 Å². The molecule has 19 heavy (non-hydrogen) atoms. The molecule has 0 bridgehead atoms. The van der Waals surface area contributed by atoms with Gasteiger partial charge in [-0.2, -0.15) is 0 Å². The molecule has 1 N–H and O–H groups in total. The van der Waals surface area contributed by atoms with Crippen molar-refractivity contribution in [2.75, 3.05) is 20.2 Å². The molecule has 0 aliphatic carbocycles. The molecule has 0 radical (unpaired) electrons. The van der Waals surface area contributed by atoms with E-state index in [9.17, 15) is 0 Å². The molecule has 2 rings (SSSR count). The van der Waals surface area contributed by atoms with Crippen LogP contribution in [0.5, 0.6) is 5.75 Å². The maximum absolute atomic E-state index is 5.39. The molecule has 1 fully saturated rings. The molecule has 1 heterocycles. The van der Waals surface area contributed by atoms with Crippen molar-refractivity contribution in [1.29, 1.82) is 0 Å². The summed E-state index contributed by atoms with van der Waals surface area (Å²) in [5.74, 6) is 0.981. The van der Waals surface area contributed by atoms with E-state index in [1.165, 1.54) is 31.5 Å². The van der Waals surface area contributed by atoms with E-state index in [1.807, 2.05) is 12.1 Å². The number of nitrogens with one attached hydrogen (secondary N) is 1. The van der Waals surface area contributed by atoms with E-state index >= 15 is 0 Å². The zero-order chi connectivity index (χ0) is 13.7. The summed E-state index contributed by atoms with van der Waals surface area (Å²) in [6.07, 6.45) is 2.49. The Morgan fingerprint density at radius 3 is 2.58 bits per heavy atom. The van der Waals surface area contributed by atoms with E-state index in [-0.39, 0.29) is 0 Å². The van der Waals surface area contributed by atoms with Gasteiger partial charge >= 0.3 is 0 Å². The Morgan fingerprint density at radius 1 is 1.26 bits per heavy atom. The van der Waals surface area contributed by atoms with E-state index in [0.29, 0.717) is 12.1 Å². The number of nitrogens with zero attached hydrogens (tertiary/aromatic N) is 1. The molecule has 3 heteroatoms. The highest BCUT2D eigenvalue weighted by Crippen LogP contribution is 2.18. The fourth-order valence-corrected chi connectivity index (χ4v) is 2.72. The highest BCUT2D eigenvalue weighted by Gasteiger charge is 2.20. The molecule has 1 aliphatic heterocycles. The molecule has 0 amide bonds. The van der Waals surface area contributed by atoms with Crippen LogP contribution in [-0.4, -0.2) is 37.2 Å². The summed E-state index contributed by atoms with van der Waals surface area (Å²) in [6, 6.07) is 9.56.